The summed E-state index contributed by atoms with van der Waals surface area (Å²) in [6.07, 6.45) is 3.03. The van der Waals surface area contributed by atoms with E-state index in [4.69, 9.17) is 0 Å². The van der Waals surface area contributed by atoms with Gasteiger partial charge in [-0.25, -0.2) is 4.39 Å². The number of hydrogen-bond donors (Lipinski definition) is 1. The normalized spacial score (nSPS) is 14.6. The van der Waals surface area contributed by atoms with Gasteiger partial charge >= 0.3 is 0 Å². The van der Waals surface area contributed by atoms with Gasteiger partial charge in [-0.15, -0.1) is 0 Å². The van der Waals surface area contributed by atoms with Crippen LogP contribution in [0.4, 0.5) is 4.39 Å². The lowest BCUT2D eigenvalue weighted by Crippen LogP contribution is -2.27. The van der Waals surface area contributed by atoms with Crippen LogP contribution in [0.25, 0.3) is 0 Å². The Morgan fingerprint density at radius 2 is 2.06 bits per heavy atom. The molecule has 2 atom stereocenters. The third-order valence-electron chi connectivity index (χ3n) is 2.85. The first kappa shape index (κ1) is 14.5. The first-order chi connectivity index (χ1) is 8.19. The summed E-state index contributed by atoms with van der Waals surface area (Å²) in [5, 5.41) is 3.46. The van der Waals surface area contributed by atoms with E-state index in [1.165, 1.54) is 6.07 Å². The maximum atomic E-state index is 13.7. The number of nitrogens with one attached hydrogen (secondary N) is 1. The molecule has 0 spiro atoms. The fourth-order valence-corrected chi connectivity index (χ4v) is 2.61. The van der Waals surface area contributed by atoms with Crippen LogP contribution in [0, 0.1) is 11.7 Å². The molecule has 96 valence electrons. The first-order valence-electron chi connectivity index (χ1n) is 6.15. The van der Waals surface area contributed by atoms with Crippen LogP contribution in [-0.4, -0.2) is 18.6 Å². The second kappa shape index (κ2) is 7.72. The second-order valence-corrected chi connectivity index (χ2v) is 5.36. The number of benzene rings is 1. The summed E-state index contributed by atoms with van der Waals surface area (Å²) in [7, 11) is 0. The molecule has 0 bridgehead atoms. The van der Waals surface area contributed by atoms with Gasteiger partial charge in [0.05, 0.1) is 0 Å². The highest BCUT2D eigenvalue weighted by atomic mass is 32.2. The van der Waals surface area contributed by atoms with Crippen LogP contribution in [-0.2, 0) is 0 Å². The van der Waals surface area contributed by atoms with Crippen molar-refractivity contribution in [3.05, 3.63) is 35.6 Å². The minimum atomic E-state index is -0.107. The van der Waals surface area contributed by atoms with E-state index in [0.29, 0.717) is 5.92 Å². The summed E-state index contributed by atoms with van der Waals surface area (Å²) in [6, 6.07) is 7.16. The summed E-state index contributed by atoms with van der Waals surface area (Å²) in [5.74, 6) is 1.65. The number of rotatable bonds is 7. The highest BCUT2D eigenvalue weighted by Gasteiger charge is 2.13. The molecule has 1 N–H and O–H groups in total. The lowest BCUT2D eigenvalue weighted by Gasteiger charge is -2.20. The van der Waals surface area contributed by atoms with E-state index in [2.05, 4.69) is 25.4 Å². The van der Waals surface area contributed by atoms with E-state index < -0.39 is 0 Å². The molecule has 0 saturated heterocycles. The van der Waals surface area contributed by atoms with Crippen LogP contribution in [0.5, 0.6) is 0 Å². The predicted molar refractivity (Wildman–Crippen MR) is 75.0 cm³/mol. The maximum Gasteiger partial charge on any atom is 0.127 e. The molecule has 1 aromatic carbocycles. The van der Waals surface area contributed by atoms with Crippen molar-refractivity contribution in [3.63, 3.8) is 0 Å². The van der Waals surface area contributed by atoms with Crippen LogP contribution >= 0.6 is 11.8 Å². The van der Waals surface area contributed by atoms with Gasteiger partial charge in [0.1, 0.15) is 5.82 Å². The predicted octanol–water partition coefficient (Wildman–Crippen LogP) is 3.87. The van der Waals surface area contributed by atoms with Crippen LogP contribution < -0.4 is 5.32 Å². The van der Waals surface area contributed by atoms with E-state index in [0.717, 1.165) is 24.3 Å². The zero-order chi connectivity index (χ0) is 12.7. The molecule has 2 unspecified atom stereocenters. The van der Waals surface area contributed by atoms with Crippen LogP contribution in [0.3, 0.4) is 0 Å². The molecule has 1 nitrogen and oxygen atoms in total. The average molecular weight is 255 g/mol. The third-order valence-corrected chi connectivity index (χ3v) is 3.76. The smallest absolute Gasteiger partial charge is 0.127 e. The van der Waals surface area contributed by atoms with Gasteiger partial charge < -0.3 is 5.32 Å². The number of halogens is 1. The molecule has 1 aromatic rings. The molecule has 0 radical (unpaired) electrons. The van der Waals surface area contributed by atoms with Gasteiger partial charge in [0, 0.05) is 11.6 Å². The average Bonchev–Trinajstić information content (AvgIpc) is 2.32. The SMILES string of the molecule is CCC(NCC(C)CSC)c1ccccc1F. The van der Waals surface area contributed by atoms with Crippen molar-refractivity contribution in [1.29, 1.82) is 0 Å². The Morgan fingerprint density at radius 3 is 2.65 bits per heavy atom. The summed E-state index contributed by atoms with van der Waals surface area (Å²) in [6.45, 7) is 5.24. The third kappa shape index (κ3) is 4.68. The van der Waals surface area contributed by atoms with E-state index in [1.807, 2.05) is 23.9 Å². The van der Waals surface area contributed by atoms with E-state index in [9.17, 15) is 4.39 Å². The Labute approximate surface area is 108 Å². The van der Waals surface area contributed by atoms with Crippen molar-refractivity contribution in [2.75, 3.05) is 18.6 Å². The Bertz CT molecular complexity index is 330. The molecule has 1 rings (SSSR count). The van der Waals surface area contributed by atoms with E-state index in [1.54, 1.807) is 6.07 Å². The van der Waals surface area contributed by atoms with Crippen molar-refractivity contribution in [3.8, 4) is 0 Å². The quantitative estimate of drug-likeness (QED) is 0.794. The van der Waals surface area contributed by atoms with Gasteiger partial charge in [-0.05, 0) is 37.0 Å². The minimum Gasteiger partial charge on any atom is -0.310 e. The minimum absolute atomic E-state index is 0.107. The van der Waals surface area contributed by atoms with Gasteiger partial charge in [0.2, 0.25) is 0 Å². The van der Waals surface area contributed by atoms with Crippen LogP contribution in [0.2, 0.25) is 0 Å². The highest BCUT2D eigenvalue weighted by molar-refractivity contribution is 7.98. The first-order valence-corrected chi connectivity index (χ1v) is 7.55. The topological polar surface area (TPSA) is 12.0 Å². The van der Waals surface area contributed by atoms with Crippen molar-refractivity contribution < 1.29 is 4.39 Å². The molecule has 17 heavy (non-hydrogen) atoms. The van der Waals surface area contributed by atoms with Gasteiger partial charge in [-0.3, -0.25) is 0 Å². The lowest BCUT2D eigenvalue weighted by molar-refractivity contribution is 0.451. The zero-order valence-corrected chi connectivity index (χ0v) is 11.7. The van der Waals surface area contributed by atoms with Gasteiger partial charge in [0.15, 0.2) is 0 Å². The Balaban J connectivity index is 2.57. The van der Waals surface area contributed by atoms with E-state index >= 15 is 0 Å². The van der Waals surface area contributed by atoms with E-state index in [-0.39, 0.29) is 11.9 Å². The van der Waals surface area contributed by atoms with Crippen LogP contribution in [0.15, 0.2) is 24.3 Å². The molecule has 3 heteroatoms. The molecule has 0 aromatic heterocycles. The summed E-state index contributed by atoms with van der Waals surface area (Å²) < 4.78 is 13.7. The van der Waals surface area contributed by atoms with Gasteiger partial charge in [-0.1, -0.05) is 32.0 Å². The Morgan fingerprint density at radius 1 is 1.35 bits per heavy atom. The largest absolute Gasteiger partial charge is 0.310 e. The molecule has 0 aliphatic heterocycles. The van der Waals surface area contributed by atoms with Gasteiger partial charge in [0.25, 0.3) is 0 Å². The van der Waals surface area contributed by atoms with Crippen LogP contribution in [0.1, 0.15) is 31.9 Å². The fraction of sp³-hybridized carbons (Fsp3) is 0.571. The Kier molecular flexibility index (Phi) is 6.60. The maximum absolute atomic E-state index is 13.7. The molecule has 0 heterocycles. The van der Waals surface area contributed by atoms with Crippen molar-refractivity contribution in [2.45, 2.75) is 26.3 Å². The molecular weight excluding hydrogens is 233 g/mol. The van der Waals surface area contributed by atoms with Crippen molar-refractivity contribution >= 4 is 11.8 Å². The Hall–Kier alpha value is -0.540. The molecule has 0 aliphatic rings. The van der Waals surface area contributed by atoms with Crippen molar-refractivity contribution in [1.82, 2.24) is 5.32 Å². The monoisotopic (exact) mass is 255 g/mol. The second-order valence-electron chi connectivity index (χ2n) is 4.45. The summed E-state index contributed by atoms with van der Waals surface area (Å²) >= 11 is 1.85. The highest BCUT2D eigenvalue weighted by Crippen LogP contribution is 2.20. The van der Waals surface area contributed by atoms with Gasteiger partial charge in [-0.2, -0.15) is 11.8 Å². The standard InChI is InChI=1S/C14H22FNS/c1-4-14(16-9-11(2)10-17-3)12-7-5-6-8-13(12)15/h5-8,11,14,16H,4,9-10H2,1-3H3. The fourth-order valence-electron chi connectivity index (χ4n) is 1.92. The molecule has 0 amide bonds. The lowest BCUT2D eigenvalue weighted by atomic mass is 10.0. The zero-order valence-electron chi connectivity index (χ0n) is 10.9. The molecule has 0 aliphatic carbocycles. The number of thioether (sulfide) groups is 1. The summed E-state index contributed by atoms with van der Waals surface area (Å²) in [5.41, 5.74) is 0.784. The molecule has 0 saturated carbocycles. The van der Waals surface area contributed by atoms with Crippen molar-refractivity contribution in [2.24, 2.45) is 5.92 Å². The summed E-state index contributed by atoms with van der Waals surface area (Å²) in [4.78, 5) is 0. The number of hydrogen-bond acceptors (Lipinski definition) is 2. The molecule has 0 fully saturated rings. The molecular formula is C14H22FNS.